The molecule has 0 spiro atoms. The number of carbonyl (C=O) groups is 1. The van der Waals surface area contributed by atoms with Gasteiger partial charge in [-0.1, -0.05) is 60.5 Å². The lowest BCUT2D eigenvalue weighted by molar-refractivity contribution is -0.122. The van der Waals surface area contributed by atoms with E-state index < -0.39 is 0 Å². The third kappa shape index (κ3) is 3.41. The molecule has 1 aliphatic rings. The molecule has 0 bridgehead atoms. The zero-order chi connectivity index (χ0) is 16.4. The van der Waals surface area contributed by atoms with E-state index in [9.17, 15) is 4.79 Å². The van der Waals surface area contributed by atoms with Crippen LogP contribution in [0.1, 0.15) is 36.0 Å². The minimum absolute atomic E-state index is 0.0851. The number of benzene rings is 2. The molecule has 0 aliphatic carbocycles. The highest BCUT2D eigenvalue weighted by Gasteiger charge is 2.27. The van der Waals surface area contributed by atoms with E-state index in [-0.39, 0.29) is 11.8 Å². The Balaban J connectivity index is 1.87. The van der Waals surface area contributed by atoms with Gasteiger partial charge in [-0.15, -0.1) is 0 Å². The highest BCUT2D eigenvalue weighted by atomic mass is 35.5. The van der Waals surface area contributed by atoms with Gasteiger partial charge in [0.15, 0.2) is 0 Å². The van der Waals surface area contributed by atoms with Crippen molar-refractivity contribution in [2.24, 2.45) is 5.10 Å². The molecule has 23 heavy (non-hydrogen) atoms. The normalized spacial score (nSPS) is 17.6. The van der Waals surface area contributed by atoms with Gasteiger partial charge in [-0.25, -0.2) is 5.43 Å². The quantitative estimate of drug-likeness (QED) is 0.869. The van der Waals surface area contributed by atoms with E-state index in [0.29, 0.717) is 16.5 Å². The summed E-state index contributed by atoms with van der Waals surface area (Å²) < 4.78 is 0. The maximum Gasteiger partial charge on any atom is 0.248 e. The summed E-state index contributed by atoms with van der Waals surface area (Å²) in [4.78, 5) is 12.2. The molecule has 1 amide bonds. The van der Waals surface area contributed by atoms with Gasteiger partial charge in [-0.2, -0.15) is 5.10 Å². The highest BCUT2D eigenvalue weighted by Crippen LogP contribution is 2.28. The Kier molecular flexibility index (Phi) is 4.69. The molecule has 3 nitrogen and oxygen atoms in total. The zero-order valence-electron chi connectivity index (χ0n) is 12.6. The number of nitrogens with one attached hydrogen (secondary N) is 1. The summed E-state index contributed by atoms with van der Waals surface area (Å²) >= 11 is 12.0. The zero-order valence-corrected chi connectivity index (χ0v) is 14.2. The van der Waals surface area contributed by atoms with Gasteiger partial charge in [0.1, 0.15) is 0 Å². The number of hydrogen-bond donors (Lipinski definition) is 1. The van der Waals surface area contributed by atoms with Crippen LogP contribution in [-0.4, -0.2) is 11.6 Å². The van der Waals surface area contributed by atoms with Crippen molar-refractivity contribution in [3.8, 4) is 0 Å². The molecule has 118 valence electrons. The predicted molar refractivity (Wildman–Crippen MR) is 94.3 cm³/mol. The Morgan fingerprint density at radius 2 is 1.87 bits per heavy atom. The number of nitrogens with zero attached hydrogens (tertiary/aromatic N) is 1. The van der Waals surface area contributed by atoms with E-state index in [2.05, 4.69) is 29.6 Å². The number of carbonyl (C=O) groups excluding carboxylic acids is 1. The molecule has 2 aromatic rings. The molecule has 0 radical (unpaired) electrons. The lowest BCUT2D eigenvalue weighted by Gasteiger charge is -2.22. The summed E-state index contributed by atoms with van der Waals surface area (Å²) in [5.74, 6) is -0.332. The fraction of sp³-hybridized carbons (Fsp3) is 0.222. The van der Waals surface area contributed by atoms with Crippen LogP contribution in [0.4, 0.5) is 0 Å². The SMILES string of the molecule is CCc1ccc([C@@H]2CC(c3ccc(Cl)c(Cl)c3)=NNC2=O)cc1. The van der Waals surface area contributed by atoms with Crippen molar-refractivity contribution < 1.29 is 4.79 Å². The number of halogens is 2. The molecule has 2 aromatic carbocycles. The second kappa shape index (κ2) is 6.73. The Hall–Kier alpha value is -1.84. The predicted octanol–water partition coefficient (Wildman–Crippen LogP) is 4.56. The second-order valence-electron chi connectivity index (χ2n) is 5.52. The monoisotopic (exact) mass is 346 g/mol. The molecule has 0 saturated heterocycles. The van der Waals surface area contributed by atoms with E-state index in [4.69, 9.17) is 23.2 Å². The highest BCUT2D eigenvalue weighted by molar-refractivity contribution is 6.42. The third-order valence-corrected chi connectivity index (χ3v) is 4.80. The Morgan fingerprint density at radius 3 is 2.52 bits per heavy atom. The van der Waals surface area contributed by atoms with Gasteiger partial charge in [0.05, 0.1) is 21.7 Å². The molecule has 0 fully saturated rings. The van der Waals surface area contributed by atoms with Gasteiger partial charge in [0.2, 0.25) is 5.91 Å². The first kappa shape index (κ1) is 16.0. The molecule has 1 N–H and O–H groups in total. The van der Waals surface area contributed by atoms with Crippen LogP contribution in [0.25, 0.3) is 0 Å². The van der Waals surface area contributed by atoms with Crippen LogP contribution in [0.2, 0.25) is 10.0 Å². The van der Waals surface area contributed by atoms with Crippen LogP contribution < -0.4 is 5.43 Å². The van der Waals surface area contributed by atoms with E-state index in [1.165, 1.54) is 5.56 Å². The van der Waals surface area contributed by atoms with Gasteiger partial charge < -0.3 is 0 Å². The molecule has 1 heterocycles. The van der Waals surface area contributed by atoms with Gasteiger partial charge in [-0.05, 0) is 35.2 Å². The maximum atomic E-state index is 12.2. The molecule has 1 aliphatic heterocycles. The Labute approximate surface area is 145 Å². The van der Waals surface area contributed by atoms with Crippen LogP contribution in [0.15, 0.2) is 47.6 Å². The molecule has 3 rings (SSSR count). The first-order valence-electron chi connectivity index (χ1n) is 7.49. The lowest BCUT2D eigenvalue weighted by atomic mass is 9.89. The van der Waals surface area contributed by atoms with Crippen LogP contribution in [0.3, 0.4) is 0 Å². The number of aryl methyl sites for hydroxylation is 1. The van der Waals surface area contributed by atoms with Crippen molar-refractivity contribution in [3.05, 3.63) is 69.2 Å². The van der Waals surface area contributed by atoms with Gasteiger partial charge in [0.25, 0.3) is 0 Å². The summed E-state index contributed by atoms with van der Waals surface area (Å²) in [6.07, 6.45) is 1.52. The second-order valence-corrected chi connectivity index (χ2v) is 6.33. The van der Waals surface area contributed by atoms with Gasteiger partial charge in [0, 0.05) is 6.42 Å². The summed E-state index contributed by atoms with van der Waals surface area (Å²) in [5.41, 5.74) is 6.53. The summed E-state index contributed by atoms with van der Waals surface area (Å²) in [5, 5.41) is 5.16. The number of hydrogen-bond acceptors (Lipinski definition) is 2. The largest absolute Gasteiger partial charge is 0.272 e. The van der Waals surface area contributed by atoms with E-state index >= 15 is 0 Å². The van der Waals surface area contributed by atoms with Crippen LogP contribution in [0.5, 0.6) is 0 Å². The van der Waals surface area contributed by atoms with E-state index in [0.717, 1.165) is 23.3 Å². The van der Waals surface area contributed by atoms with Gasteiger partial charge >= 0.3 is 0 Å². The van der Waals surface area contributed by atoms with E-state index in [1.54, 1.807) is 12.1 Å². The summed E-state index contributed by atoms with van der Waals surface area (Å²) in [7, 11) is 0. The first-order valence-corrected chi connectivity index (χ1v) is 8.24. The molecule has 5 heteroatoms. The Bertz CT molecular complexity index is 769. The minimum Gasteiger partial charge on any atom is -0.272 e. The topological polar surface area (TPSA) is 41.5 Å². The summed E-state index contributed by atoms with van der Waals surface area (Å²) in [6.45, 7) is 2.11. The average Bonchev–Trinajstić information content (AvgIpc) is 2.58. The molecular formula is C18H16Cl2N2O. The van der Waals surface area contributed by atoms with Crippen molar-refractivity contribution in [1.82, 2.24) is 5.43 Å². The van der Waals surface area contributed by atoms with Crippen LogP contribution >= 0.6 is 23.2 Å². The van der Waals surface area contributed by atoms with E-state index in [1.807, 2.05) is 18.2 Å². The van der Waals surface area contributed by atoms with Crippen molar-refractivity contribution >= 4 is 34.8 Å². The smallest absolute Gasteiger partial charge is 0.248 e. The molecule has 0 saturated carbocycles. The standard InChI is InChI=1S/C18H16Cl2N2O/c1-2-11-3-5-12(6-4-11)14-10-17(21-22-18(14)23)13-7-8-15(19)16(20)9-13/h3-9,14H,2,10H2,1H3,(H,22,23)/t14-/m0/s1. The van der Waals surface area contributed by atoms with Crippen LogP contribution in [-0.2, 0) is 11.2 Å². The summed E-state index contributed by atoms with van der Waals surface area (Å²) in [6, 6.07) is 13.5. The molecule has 1 atom stereocenters. The fourth-order valence-electron chi connectivity index (χ4n) is 2.65. The Morgan fingerprint density at radius 1 is 1.13 bits per heavy atom. The lowest BCUT2D eigenvalue weighted by Crippen LogP contribution is -2.33. The van der Waals surface area contributed by atoms with Crippen molar-refractivity contribution in [2.75, 3.05) is 0 Å². The van der Waals surface area contributed by atoms with Crippen molar-refractivity contribution in [3.63, 3.8) is 0 Å². The van der Waals surface area contributed by atoms with Crippen molar-refractivity contribution in [1.29, 1.82) is 0 Å². The van der Waals surface area contributed by atoms with Crippen molar-refractivity contribution in [2.45, 2.75) is 25.7 Å². The third-order valence-electron chi connectivity index (χ3n) is 4.06. The molecular weight excluding hydrogens is 331 g/mol. The first-order chi connectivity index (χ1) is 11.1. The fourth-order valence-corrected chi connectivity index (χ4v) is 2.94. The minimum atomic E-state index is -0.247. The maximum absolute atomic E-state index is 12.2. The van der Waals surface area contributed by atoms with Gasteiger partial charge in [-0.3, -0.25) is 4.79 Å². The molecule has 0 aromatic heterocycles. The number of rotatable bonds is 3. The average molecular weight is 347 g/mol. The number of amides is 1. The number of hydrazone groups is 1. The molecule has 0 unspecified atom stereocenters. The van der Waals surface area contributed by atoms with Crippen LogP contribution in [0, 0.1) is 0 Å².